The molecule has 0 fully saturated rings. The summed E-state index contributed by atoms with van der Waals surface area (Å²) >= 11 is 0. The van der Waals surface area contributed by atoms with E-state index in [9.17, 15) is 9.59 Å². The summed E-state index contributed by atoms with van der Waals surface area (Å²) in [5.41, 5.74) is -0.424. The molecule has 0 spiro atoms. The van der Waals surface area contributed by atoms with E-state index in [4.69, 9.17) is 0 Å². The number of nitrogens with zero attached hydrogens (tertiary/aromatic N) is 3. The summed E-state index contributed by atoms with van der Waals surface area (Å²) in [5.74, 6) is 0. The fourth-order valence-corrected chi connectivity index (χ4v) is 0.762. The number of hydrogen-bond acceptors (Lipinski definition) is 3. The molecule has 11 heavy (non-hydrogen) atoms. The quantitative estimate of drug-likeness (QED) is 0.472. The third-order valence-electron chi connectivity index (χ3n) is 1.59. The maximum absolute atomic E-state index is 11.1. The molecule has 1 aromatic heterocycles. The van der Waals surface area contributed by atoms with Gasteiger partial charge in [0.05, 0.1) is 0 Å². The number of aryl methyl sites for hydroxylation is 1. The molecule has 60 valence electrons. The van der Waals surface area contributed by atoms with Crippen LogP contribution in [-0.4, -0.2) is 14.3 Å². The molecule has 1 rings (SSSR count). The van der Waals surface area contributed by atoms with Crippen molar-refractivity contribution in [3.05, 3.63) is 26.5 Å². The van der Waals surface area contributed by atoms with Gasteiger partial charge >= 0.3 is 5.69 Å². The van der Waals surface area contributed by atoms with Gasteiger partial charge in [-0.25, -0.2) is 14.2 Å². The number of hydrogen-bond donors (Lipinski definition) is 0. The molecule has 1 heterocycles. The monoisotopic (exact) mass is 155 g/mol. The van der Waals surface area contributed by atoms with Gasteiger partial charge in [0.1, 0.15) is 5.69 Å². The first-order valence-corrected chi connectivity index (χ1v) is 3.15. The molecule has 0 aromatic carbocycles. The lowest BCUT2D eigenvalue weighted by Gasteiger charge is -2.03. The highest BCUT2D eigenvalue weighted by Crippen LogP contribution is 1.72. The van der Waals surface area contributed by atoms with Gasteiger partial charge in [0.15, 0.2) is 0 Å². The van der Waals surface area contributed by atoms with E-state index in [-0.39, 0.29) is 11.3 Å². The smallest absolute Gasteiger partial charge is 0.266 e. The third-order valence-corrected chi connectivity index (χ3v) is 1.59. The summed E-state index contributed by atoms with van der Waals surface area (Å²) in [6.07, 6.45) is 0. The molecule has 0 saturated heterocycles. The van der Waals surface area contributed by atoms with Crippen LogP contribution >= 0.6 is 0 Å². The summed E-state index contributed by atoms with van der Waals surface area (Å²) in [6, 6.07) is 0. The Labute approximate surface area is 62.9 Å². The molecule has 0 saturated carbocycles. The Hall–Kier alpha value is -1.39. The summed E-state index contributed by atoms with van der Waals surface area (Å²) < 4.78 is 2.39. The molecule has 5 heteroatoms. The van der Waals surface area contributed by atoms with Crippen LogP contribution in [-0.2, 0) is 14.1 Å². The molecule has 0 atom stereocenters. The van der Waals surface area contributed by atoms with Crippen LogP contribution in [0.4, 0.5) is 0 Å². The molecular weight excluding hydrogens is 146 g/mol. The van der Waals surface area contributed by atoms with Crippen LogP contribution in [0.3, 0.4) is 0 Å². The average Bonchev–Trinajstić information content (AvgIpc) is 1.97. The van der Waals surface area contributed by atoms with Crippen molar-refractivity contribution in [1.29, 1.82) is 0 Å². The largest absolute Gasteiger partial charge is 0.362 e. The van der Waals surface area contributed by atoms with Crippen LogP contribution in [0.2, 0.25) is 0 Å². The van der Waals surface area contributed by atoms with Crippen molar-refractivity contribution in [1.82, 2.24) is 14.3 Å². The van der Waals surface area contributed by atoms with Crippen LogP contribution in [0.25, 0.3) is 0 Å². The second-order valence-corrected chi connectivity index (χ2v) is 2.33. The summed E-state index contributed by atoms with van der Waals surface area (Å²) in [4.78, 5) is 25.5. The van der Waals surface area contributed by atoms with Crippen molar-refractivity contribution in [2.45, 2.75) is 6.92 Å². The van der Waals surface area contributed by atoms with Gasteiger partial charge in [0, 0.05) is 14.1 Å². The molecule has 0 unspecified atom stereocenters. The zero-order valence-electron chi connectivity index (χ0n) is 6.66. The van der Waals surface area contributed by atoms with Crippen LogP contribution in [0.5, 0.6) is 0 Å². The van der Waals surface area contributed by atoms with Crippen molar-refractivity contribution in [2.24, 2.45) is 14.1 Å². The second kappa shape index (κ2) is 2.34. The van der Waals surface area contributed by atoms with Gasteiger partial charge in [0.25, 0.3) is 5.56 Å². The molecular formula is C6H9N3O2. The lowest BCUT2D eigenvalue weighted by molar-refractivity contribution is 0.509. The minimum Gasteiger partial charge on any atom is -0.266 e. The van der Waals surface area contributed by atoms with Crippen molar-refractivity contribution in [3.8, 4) is 0 Å². The van der Waals surface area contributed by atoms with Gasteiger partial charge < -0.3 is 0 Å². The molecule has 0 amide bonds. The standard InChI is InChI=1S/C6H9N3O2/c1-4-5(10)8(2)9(3)6(11)7-4/h1-3H3. The number of aromatic nitrogens is 3. The first-order valence-electron chi connectivity index (χ1n) is 3.15. The van der Waals surface area contributed by atoms with E-state index in [1.165, 1.54) is 25.7 Å². The SMILES string of the molecule is Cc1nc(=O)n(C)n(C)c1=O. The maximum Gasteiger partial charge on any atom is 0.362 e. The second-order valence-electron chi connectivity index (χ2n) is 2.33. The lowest BCUT2D eigenvalue weighted by atomic mass is 10.5. The van der Waals surface area contributed by atoms with Crippen molar-refractivity contribution in [2.75, 3.05) is 0 Å². The summed E-state index contributed by atoms with van der Waals surface area (Å²) in [5, 5.41) is 0. The Bertz CT molecular complexity index is 388. The van der Waals surface area contributed by atoms with E-state index < -0.39 is 5.69 Å². The van der Waals surface area contributed by atoms with Gasteiger partial charge in [-0.3, -0.25) is 4.79 Å². The topological polar surface area (TPSA) is 56.9 Å². The maximum atomic E-state index is 11.1. The summed E-state index contributed by atoms with van der Waals surface area (Å²) in [6.45, 7) is 1.52. The highest BCUT2D eigenvalue weighted by molar-refractivity contribution is 4.89. The first-order chi connectivity index (χ1) is 5.04. The van der Waals surface area contributed by atoms with Gasteiger partial charge in [-0.05, 0) is 6.92 Å². The highest BCUT2D eigenvalue weighted by atomic mass is 16.2. The van der Waals surface area contributed by atoms with E-state index in [0.717, 1.165) is 4.68 Å². The van der Waals surface area contributed by atoms with Crippen LogP contribution < -0.4 is 11.2 Å². The third kappa shape index (κ3) is 1.09. The van der Waals surface area contributed by atoms with E-state index in [1.54, 1.807) is 0 Å². The Kier molecular flexibility index (Phi) is 1.64. The predicted molar refractivity (Wildman–Crippen MR) is 39.5 cm³/mol. The zero-order chi connectivity index (χ0) is 8.59. The van der Waals surface area contributed by atoms with Gasteiger partial charge in [0.2, 0.25) is 0 Å². The van der Waals surface area contributed by atoms with Crippen LogP contribution in [0.15, 0.2) is 9.59 Å². The number of rotatable bonds is 0. The minimum absolute atomic E-state index is 0.232. The fraction of sp³-hybridized carbons (Fsp3) is 0.500. The van der Waals surface area contributed by atoms with E-state index >= 15 is 0 Å². The minimum atomic E-state index is -0.412. The molecule has 0 aliphatic heterocycles. The van der Waals surface area contributed by atoms with Gasteiger partial charge in [-0.2, -0.15) is 4.98 Å². The molecule has 0 aliphatic rings. The van der Waals surface area contributed by atoms with E-state index in [2.05, 4.69) is 4.98 Å². The lowest BCUT2D eigenvalue weighted by Crippen LogP contribution is -2.38. The van der Waals surface area contributed by atoms with E-state index in [1.807, 2.05) is 0 Å². The van der Waals surface area contributed by atoms with Crippen molar-refractivity contribution < 1.29 is 0 Å². The molecule has 0 N–H and O–H groups in total. The molecule has 0 radical (unpaired) electrons. The molecule has 0 aliphatic carbocycles. The Morgan fingerprint density at radius 3 is 2.27 bits per heavy atom. The van der Waals surface area contributed by atoms with Crippen molar-refractivity contribution >= 4 is 0 Å². The summed E-state index contributed by atoms with van der Waals surface area (Å²) in [7, 11) is 3.02. The zero-order valence-corrected chi connectivity index (χ0v) is 6.66. The molecule has 5 nitrogen and oxygen atoms in total. The normalized spacial score (nSPS) is 10.1. The Morgan fingerprint density at radius 2 is 1.73 bits per heavy atom. The van der Waals surface area contributed by atoms with Gasteiger partial charge in [-0.15, -0.1) is 0 Å². The van der Waals surface area contributed by atoms with Crippen LogP contribution in [0, 0.1) is 6.92 Å². The van der Waals surface area contributed by atoms with E-state index in [0.29, 0.717) is 0 Å². The van der Waals surface area contributed by atoms with Gasteiger partial charge in [-0.1, -0.05) is 0 Å². The van der Waals surface area contributed by atoms with Crippen LogP contribution in [0.1, 0.15) is 5.69 Å². The molecule has 0 bridgehead atoms. The Balaban J connectivity index is 3.73. The molecule has 1 aromatic rings. The highest BCUT2D eigenvalue weighted by Gasteiger charge is 2.01. The Morgan fingerprint density at radius 1 is 1.18 bits per heavy atom. The average molecular weight is 155 g/mol. The first kappa shape index (κ1) is 7.71. The predicted octanol–water partition coefficient (Wildman–Crippen LogP) is -1.21. The fourth-order valence-electron chi connectivity index (χ4n) is 0.762. The van der Waals surface area contributed by atoms with Crippen molar-refractivity contribution in [3.63, 3.8) is 0 Å².